The summed E-state index contributed by atoms with van der Waals surface area (Å²) in [7, 11) is 0. The fraction of sp³-hybridized carbons (Fsp3) is 0. The predicted octanol–water partition coefficient (Wildman–Crippen LogP) is 11.8. The third-order valence-corrected chi connectivity index (χ3v) is 9.09. The van der Waals surface area contributed by atoms with Gasteiger partial charge in [0.05, 0.1) is 0 Å². The normalized spacial score (nSPS) is 11.6. The van der Waals surface area contributed by atoms with Crippen molar-refractivity contribution in [2.45, 2.75) is 0 Å². The molecule has 0 radical (unpaired) electrons. The molecule has 0 spiro atoms. The van der Waals surface area contributed by atoms with E-state index in [0.717, 1.165) is 5.39 Å². The van der Waals surface area contributed by atoms with Crippen LogP contribution in [0.2, 0.25) is 0 Å². The lowest BCUT2D eigenvalue weighted by molar-refractivity contribution is 1.37. The zero-order chi connectivity index (χ0) is 29.0. The van der Waals surface area contributed by atoms with Crippen LogP contribution in [0.4, 0.5) is 0 Å². The summed E-state index contributed by atoms with van der Waals surface area (Å²) in [5.74, 6) is 0. The molecule has 0 saturated carbocycles. The molecule has 9 aromatic rings. The van der Waals surface area contributed by atoms with Crippen LogP contribution in [0, 0.1) is 0 Å². The van der Waals surface area contributed by atoms with Crippen molar-refractivity contribution >= 4 is 53.9 Å². The molecule has 1 heterocycles. The first-order valence-electron chi connectivity index (χ1n) is 15.1. The number of benzene rings is 8. The van der Waals surface area contributed by atoms with Gasteiger partial charge in [-0.3, -0.25) is 4.98 Å². The molecular formula is C43H27N. The maximum absolute atomic E-state index is 4.65. The monoisotopic (exact) mass is 557 g/mol. The van der Waals surface area contributed by atoms with Gasteiger partial charge < -0.3 is 0 Å². The molecule has 0 atom stereocenters. The second kappa shape index (κ2) is 9.90. The van der Waals surface area contributed by atoms with E-state index >= 15 is 0 Å². The lowest BCUT2D eigenvalue weighted by Crippen LogP contribution is -1.93. The first-order chi connectivity index (χ1) is 21.8. The molecule has 9 rings (SSSR count). The highest BCUT2D eigenvalue weighted by atomic mass is 14.6. The number of rotatable bonds is 3. The maximum atomic E-state index is 4.65. The molecule has 44 heavy (non-hydrogen) atoms. The maximum Gasteiger partial charge on any atom is 0.0353 e. The highest BCUT2D eigenvalue weighted by molar-refractivity contribution is 6.22. The number of aromatic nitrogens is 1. The lowest BCUT2D eigenvalue weighted by Gasteiger charge is -2.19. The van der Waals surface area contributed by atoms with Gasteiger partial charge in [0.25, 0.3) is 0 Å². The Bertz CT molecular complexity index is 2550. The van der Waals surface area contributed by atoms with Crippen molar-refractivity contribution in [1.29, 1.82) is 0 Å². The second-order valence-electron chi connectivity index (χ2n) is 11.6. The van der Waals surface area contributed by atoms with E-state index in [-0.39, 0.29) is 0 Å². The zero-order valence-electron chi connectivity index (χ0n) is 24.0. The van der Waals surface area contributed by atoms with Crippen LogP contribution in [0.25, 0.3) is 87.2 Å². The Balaban J connectivity index is 1.42. The van der Waals surface area contributed by atoms with Crippen LogP contribution < -0.4 is 0 Å². The minimum atomic E-state index is 1.16. The summed E-state index contributed by atoms with van der Waals surface area (Å²) in [6.07, 6.45) is 3.97. The molecule has 0 fully saturated rings. The fourth-order valence-electron chi connectivity index (χ4n) is 7.03. The molecule has 1 aromatic heterocycles. The largest absolute Gasteiger partial charge is 0.264 e. The number of pyridine rings is 1. The quantitative estimate of drug-likeness (QED) is 0.197. The summed E-state index contributed by atoms with van der Waals surface area (Å²) >= 11 is 0. The second-order valence-corrected chi connectivity index (χ2v) is 11.6. The van der Waals surface area contributed by atoms with Crippen molar-refractivity contribution in [2.24, 2.45) is 0 Å². The molecule has 0 N–H and O–H groups in total. The molecule has 0 amide bonds. The number of nitrogens with zero attached hydrogens (tertiary/aromatic N) is 1. The van der Waals surface area contributed by atoms with Gasteiger partial charge in [0.1, 0.15) is 0 Å². The van der Waals surface area contributed by atoms with Gasteiger partial charge in [0, 0.05) is 17.8 Å². The van der Waals surface area contributed by atoms with Crippen molar-refractivity contribution in [3.63, 3.8) is 0 Å². The highest BCUT2D eigenvalue weighted by Gasteiger charge is 2.19. The van der Waals surface area contributed by atoms with Crippen LogP contribution in [-0.4, -0.2) is 4.98 Å². The van der Waals surface area contributed by atoms with Crippen LogP contribution in [0.3, 0.4) is 0 Å². The lowest BCUT2D eigenvalue weighted by atomic mass is 9.84. The van der Waals surface area contributed by atoms with Crippen molar-refractivity contribution in [2.75, 3.05) is 0 Å². The third-order valence-electron chi connectivity index (χ3n) is 9.09. The van der Waals surface area contributed by atoms with Gasteiger partial charge in [0.15, 0.2) is 0 Å². The highest BCUT2D eigenvalue weighted by Crippen LogP contribution is 2.45. The first kappa shape index (κ1) is 24.8. The predicted molar refractivity (Wildman–Crippen MR) is 188 cm³/mol. The molecule has 0 aliphatic heterocycles. The smallest absolute Gasteiger partial charge is 0.0353 e. The van der Waals surface area contributed by atoms with E-state index in [1.54, 1.807) is 0 Å². The van der Waals surface area contributed by atoms with Crippen molar-refractivity contribution in [1.82, 2.24) is 4.98 Å². The molecule has 0 unspecified atom stereocenters. The molecule has 1 nitrogen and oxygen atoms in total. The van der Waals surface area contributed by atoms with E-state index in [9.17, 15) is 0 Å². The Kier molecular flexibility index (Phi) is 5.57. The summed E-state index contributed by atoms with van der Waals surface area (Å²) in [5, 5.41) is 12.3. The SMILES string of the molecule is c1ccc2cc(-c3c4ccc(-c5cccc6ccccc56)cc4c(-c4ccc5ccccc5c4)c4ccncc34)ccc2c1. The molecular weight excluding hydrogens is 530 g/mol. The van der Waals surface area contributed by atoms with Crippen LogP contribution in [-0.2, 0) is 0 Å². The minimum Gasteiger partial charge on any atom is -0.264 e. The van der Waals surface area contributed by atoms with Gasteiger partial charge in [-0.2, -0.15) is 0 Å². The molecule has 204 valence electrons. The number of hydrogen-bond acceptors (Lipinski definition) is 1. The summed E-state index contributed by atoms with van der Waals surface area (Å²) in [5.41, 5.74) is 7.35. The molecule has 8 aromatic carbocycles. The summed E-state index contributed by atoms with van der Waals surface area (Å²) in [6.45, 7) is 0. The van der Waals surface area contributed by atoms with E-state index in [1.807, 2.05) is 12.4 Å². The van der Waals surface area contributed by atoms with Crippen molar-refractivity contribution in [3.05, 3.63) is 164 Å². The van der Waals surface area contributed by atoms with Crippen LogP contribution >= 0.6 is 0 Å². The van der Waals surface area contributed by atoms with Crippen LogP contribution in [0.5, 0.6) is 0 Å². The Morgan fingerprint density at radius 3 is 1.61 bits per heavy atom. The van der Waals surface area contributed by atoms with Crippen LogP contribution in [0.15, 0.2) is 164 Å². The summed E-state index contributed by atoms with van der Waals surface area (Å²) < 4.78 is 0. The molecule has 0 aliphatic rings. The fourth-order valence-corrected chi connectivity index (χ4v) is 7.03. The van der Waals surface area contributed by atoms with Crippen molar-refractivity contribution < 1.29 is 0 Å². The third kappa shape index (κ3) is 3.91. The van der Waals surface area contributed by atoms with Gasteiger partial charge in [-0.25, -0.2) is 0 Å². The molecule has 0 bridgehead atoms. The van der Waals surface area contributed by atoms with Gasteiger partial charge in [-0.15, -0.1) is 0 Å². The van der Waals surface area contributed by atoms with E-state index in [4.69, 9.17) is 0 Å². The van der Waals surface area contributed by atoms with E-state index < -0.39 is 0 Å². The van der Waals surface area contributed by atoms with Gasteiger partial charge in [-0.05, 0) is 106 Å². The van der Waals surface area contributed by atoms with Gasteiger partial charge in [-0.1, -0.05) is 127 Å². The Labute approximate surface area is 255 Å². The Morgan fingerprint density at radius 2 is 0.886 bits per heavy atom. The van der Waals surface area contributed by atoms with E-state index in [2.05, 4.69) is 157 Å². The number of hydrogen-bond donors (Lipinski definition) is 0. The first-order valence-corrected chi connectivity index (χ1v) is 15.1. The van der Waals surface area contributed by atoms with E-state index in [0.29, 0.717) is 0 Å². The van der Waals surface area contributed by atoms with E-state index in [1.165, 1.54) is 81.9 Å². The van der Waals surface area contributed by atoms with Gasteiger partial charge in [0.2, 0.25) is 0 Å². The summed E-state index contributed by atoms with van der Waals surface area (Å²) in [6, 6.07) is 55.4. The number of fused-ring (bicyclic) bond motifs is 5. The Morgan fingerprint density at radius 1 is 0.318 bits per heavy atom. The minimum absolute atomic E-state index is 1.16. The topological polar surface area (TPSA) is 12.9 Å². The summed E-state index contributed by atoms with van der Waals surface area (Å²) in [4.78, 5) is 4.65. The average Bonchev–Trinajstić information content (AvgIpc) is 3.09. The average molecular weight is 558 g/mol. The van der Waals surface area contributed by atoms with Gasteiger partial charge >= 0.3 is 0 Å². The molecule has 0 saturated heterocycles. The Hall–Kier alpha value is -5.79. The molecule has 0 aliphatic carbocycles. The molecule has 1 heteroatoms. The zero-order valence-corrected chi connectivity index (χ0v) is 24.0. The van der Waals surface area contributed by atoms with Crippen molar-refractivity contribution in [3.8, 4) is 33.4 Å². The van der Waals surface area contributed by atoms with Crippen LogP contribution in [0.1, 0.15) is 0 Å². The standard InChI is InChI=1S/C43H27N/c1-3-11-31-24-34(18-16-28(31)8-1)42-39-22-23-44-27-41(39)43(35-19-17-29-9-2-4-12-32(29)25-35)38-21-20-33(26-40(38)42)37-15-7-13-30-10-5-6-14-36(30)37/h1-27H.